The second-order valence-corrected chi connectivity index (χ2v) is 5.47. The minimum absolute atomic E-state index is 0.0765. The number of nitrogens with one attached hydrogen (secondary N) is 2. The summed E-state index contributed by atoms with van der Waals surface area (Å²) in [5.74, 6) is 0.320. The van der Waals surface area contributed by atoms with Crippen molar-refractivity contribution in [1.29, 1.82) is 0 Å². The highest BCUT2D eigenvalue weighted by Gasteiger charge is 2.19. The first-order valence-electron chi connectivity index (χ1n) is 6.44. The standard InChI is InChI=1S/C13H21N5OS/c1-6(2)15-13(19)9(5)16-12-10(11(14)20)7(3)8(4)17-18-12/h6,9H,1-5H3,(H2,14,20)(H,15,19)(H,16,18). The Balaban J connectivity index is 3.01. The molecule has 0 aliphatic rings. The van der Waals surface area contributed by atoms with Crippen LogP contribution in [0.1, 0.15) is 37.6 Å². The van der Waals surface area contributed by atoms with Gasteiger partial charge in [0.05, 0.1) is 11.3 Å². The lowest BCUT2D eigenvalue weighted by molar-refractivity contribution is -0.122. The molecule has 1 aromatic rings. The molecule has 1 unspecified atom stereocenters. The molecular weight excluding hydrogens is 274 g/mol. The van der Waals surface area contributed by atoms with Crippen molar-refractivity contribution in [1.82, 2.24) is 15.5 Å². The lowest BCUT2D eigenvalue weighted by Gasteiger charge is -2.19. The van der Waals surface area contributed by atoms with E-state index in [1.807, 2.05) is 27.7 Å². The van der Waals surface area contributed by atoms with Crippen LogP contribution in [0.3, 0.4) is 0 Å². The SMILES string of the molecule is Cc1nnc(NC(C)C(=O)NC(C)C)c(C(N)=S)c1C. The van der Waals surface area contributed by atoms with Crippen LogP contribution >= 0.6 is 12.2 Å². The largest absolute Gasteiger partial charge is 0.389 e. The molecule has 1 heterocycles. The van der Waals surface area contributed by atoms with Gasteiger partial charge in [-0.3, -0.25) is 4.79 Å². The summed E-state index contributed by atoms with van der Waals surface area (Å²) in [4.78, 5) is 12.1. The van der Waals surface area contributed by atoms with Gasteiger partial charge in [0.15, 0.2) is 5.82 Å². The van der Waals surface area contributed by atoms with Gasteiger partial charge >= 0.3 is 0 Å². The topological polar surface area (TPSA) is 92.9 Å². The van der Waals surface area contributed by atoms with E-state index in [4.69, 9.17) is 18.0 Å². The molecule has 0 spiro atoms. The zero-order valence-corrected chi connectivity index (χ0v) is 13.3. The summed E-state index contributed by atoms with van der Waals surface area (Å²) in [6.07, 6.45) is 0. The first-order chi connectivity index (χ1) is 9.23. The molecule has 0 radical (unpaired) electrons. The highest BCUT2D eigenvalue weighted by molar-refractivity contribution is 7.80. The van der Waals surface area contributed by atoms with Crippen LogP contribution in [-0.4, -0.2) is 33.2 Å². The van der Waals surface area contributed by atoms with E-state index in [0.29, 0.717) is 11.4 Å². The van der Waals surface area contributed by atoms with Crippen LogP contribution in [-0.2, 0) is 4.79 Å². The Morgan fingerprint density at radius 3 is 2.35 bits per heavy atom. The van der Waals surface area contributed by atoms with E-state index >= 15 is 0 Å². The van der Waals surface area contributed by atoms with Gasteiger partial charge in [-0.2, -0.15) is 5.10 Å². The molecule has 1 aromatic heterocycles. The monoisotopic (exact) mass is 295 g/mol. The first-order valence-corrected chi connectivity index (χ1v) is 6.85. The number of carbonyl (C=O) groups excluding carboxylic acids is 1. The van der Waals surface area contributed by atoms with Gasteiger partial charge < -0.3 is 16.4 Å². The Morgan fingerprint density at radius 1 is 1.25 bits per heavy atom. The van der Waals surface area contributed by atoms with Gasteiger partial charge in [0.25, 0.3) is 0 Å². The van der Waals surface area contributed by atoms with Crippen molar-refractivity contribution < 1.29 is 4.79 Å². The Bertz CT molecular complexity index is 530. The molecule has 1 amide bonds. The maximum atomic E-state index is 11.9. The summed E-state index contributed by atoms with van der Waals surface area (Å²) in [7, 11) is 0. The molecule has 0 saturated carbocycles. The van der Waals surface area contributed by atoms with E-state index in [1.54, 1.807) is 6.92 Å². The van der Waals surface area contributed by atoms with E-state index in [-0.39, 0.29) is 16.9 Å². The summed E-state index contributed by atoms with van der Waals surface area (Å²) in [6.45, 7) is 9.27. The number of thiocarbonyl (C=S) groups is 1. The van der Waals surface area contributed by atoms with Crippen molar-refractivity contribution in [3.63, 3.8) is 0 Å². The number of rotatable bonds is 5. The molecule has 0 fully saturated rings. The van der Waals surface area contributed by atoms with Crippen LogP contribution < -0.4 is 16.4 Å². The van der Waals surface area contributed by atoms with Gasteiger partial charge in [-0.05, 0) is 40.2 Å². The fourth-order valence-corrected chi connectivity index (χ4v) is 1.94. The number of hydrogen-bond acceptors (Lipinski definition) is 5. The summed E-state index contributed by atoms with van der Waals surface area (Å²) in [5, 5.41) is 13.9. The van der Waals surface area contributed by atoms with Gasteiger partial charge in [-0.25, -0.2) is 0 Å². The summed E-state index contributed by atoms with van der Waals surface area (Å²) in [5.41, 5.74) is 8.00. The van der Waals surface area contributed by atoms with E-state index < -0.39 is 6.04 Å². The van der Waals surface area contributed by atoms with Crippen molar-refractivity contribution in [3.05, 3.63) is 16.8 Å². The Hall–Kier alpha value is -1.76. The van der Waals surface area contributed by atoms with E-state index in [2.05, 4.69) is 20.8 Å². The number of carbonyl (C=O) groups is 1. The van der Waals surface area contributed by atoms with E-state index in [9.17, 15) is 4.79 Å². The minimum atomic E-state index is -0.457. The van der Waals surface area contributed by atoms with Crippen LogP contribution in [0.25, 0.3) is 0 Å². The Morgan fingerprint density at radius 2 is 1.85 bits per heavy atom. The zero-order chi connectivity index (χ0) is 15.4. The van der Waals surface area contributed by atoms with Crippen molar-refractivity contribution >= 4 is 28.9 Å². The van der Waals surface area contributed by atoms with E-state index in [1.165, 1.54) is 0 Å². The molecule has 1 atom stereocenters. The summed E-state index contributed by atoms with van der Waals surface area (Å²) >= 11 is 5.05. The predicted molar refractivity (Wildman–Crippen MR) is 83.8 cm³/mol. The van der Waals surface area contributed by atoms with Crippen molar-refractivity contribution in [2.24, 2.45) is 5.73 Å². The smallest absolute Gasteiger partial charge is 0.242 e. The molecule has 6 nitrogen and oxygen atoms in total. The lowest BCUT2D eigenvalue weighted by Crippen LogP contribution is -2.41. The Labute approximate surface area is 124 Å². The molecule has 4 N–H and O–H groups in total. The third-order valence-electron chi connectivity index (χ3n) is 2.88. The van der Waals surface area contributed by atoms with Gasteiger partial charge in [0.2, 0.25) is 5.91 Å². The van der Waals surface area contributed by atoms with Crippen molar-refractivity contribution in [2.45, 2.75) is 46.7 Å². The maximum absolute atomic E-state index is 11.9. The number of nitrogens with two attached hydrogens (primary N) is 1. The number of amides is 1. The quantitative estimate of drug-likeness (QED) is 0.703. The summed E-state index contributed by atoms with van der Waals surface area (Å²) in [6, 6.07) is -0.380. The number of nitrogens with zero attached hydrogens (tertiary/aromatic N) is 2. The number of aromatic nitrogens is 2. The van der Waals surface area contributed by atoms with Gasteiger partial charge in [0.1, 0.15) is 11.0 Å². The molecule has 20 heavy (non-hydrogen) atoms. The fraction of sp³-hybridized carbons (Fsp3) is 0.538. The molecular formula is C13H21N5OS. The highest BCUT2D eigenvalue weighted by Crippen LogP contribution is 2.19. The summed E-state index contributed by atoms with van der Waals surface area (Å²) < 4.78 is 0. The maximum Gasteiger partial charge on any atom is 0.242 e. The Kier molecular flexibility index (Phi) is 5.38. The first kappa shape index (κ1) is 16.3. The average molecular weight is 295 g/mol. The van der Waals surface area contributed by atoms with Crippen molar-refractivity contribution in [3.8, 4) is 0 Å². The highest BCUT2D eigenvalue weighted by atomic mass is 32.1. The predicted octanol–water partition coefficient (Wildman–Crippen LogP) is 1.05. The minimum Gasteiger partial charge on any atom is -0.389 e. The molecule has 0 aliphatic heterocycles. The van der Waals surface area contributed by atoms with Gasteiger partial charge in [0, 0.05) is 6.04 Å². The zero-order valence-electron chi connectivity index (χ0n) is 12.4. The average Bonchev–Trinajstić information content (AvgIpc) is 2.32. The molecule has 0 aliphatic carbocycles. The number of hydrogen-bond donors (Lipinski definition) is 3. The normalized spacial score (nSPS) is 12.1. The van der Waals surface area contributed by atoms with Crippen LogP contribution in [0.5, 0.6) is 0 Å². The molecule has 0 bridgehead atoms. The van der Waals surface area contributed by atoms with Crippen LogP contribution in [0.2, 0.25) is 0 Å². The van der Waals surface area contributed by atoms with E-state index in [0.717, 1.165) is 11.3 Å². The van der Waals surface area contributed by atoms with Crippen LogP contribution in [0, 0.1) is 13.8 Å². The van der Waals surface area contributed by atoms with Crippen LogP contribution in [0.15, 0.2) is 0 Å². The molecule has 0 saturated heterocycles. The fourth-order valence-electron chi connectivity index (χ4n) is 1.69. The van der Waals surface area contributed by atoms with Gasteiger partial charge in [-0.15, -0.1) is 5.10 Å². The molecule has 0 aromatic carbocycles. The van der Waals surface area contributed by atoms with Crippen LogP contribution in [0.4, 0.5) is 5.82 Å². The molecule has 1 rings (SSSR count). The second-order valence-electron chi connectivity index (χ2n) is 5.03. The molecule has 110 valence electrons. The van der Waals surface area contributed by atoms with Crippen molar-refractivity contribution in [2.75, 3.05) is 5.32 Å². The third-order valence-corrected chi connectivity index (χ3v) is 3.08. The number of aryl methyl sites for hydroxylation is 1. The van der Waals surface area contributed by atoms with Gasteiger partial charge in [-0.1, -0.05) is 12.2 Å². The molecule has 7 heteroatoms. The third kappa shape index (κ3) is 3.86. The second kappa shape index (κ2) is 6.60. The lowest BCUT2D eigenvalue weighted by atomic mass is 10.1. The number of anilines is 1.